The van der Waals surface area contributed by atoms with Gasteiger partial charge in [0.1, 0.15) is 5.75 Å². The molecule has 0 amide bonds. The van der Waals surface area contributed by atoms with Gasteiger partial charge in [-0.1, -0.05) is 60.8 Å². The van der Waals surface area contributed by atoms with E-state index < -0.39 is 12.1 Å². The molecule has 0 saturated heterocycles. The molecule has 2 rings (SSSR count). The van der Waals surface area contributed by atoms with E-state index in [-0.39, 0.29) is 16.7 Å². The lowest BCUT2D eigenvalue weighted by Crippen LogP contribution is -2.34. The van der Waals surface area contributed by atoms with Crippen LogP contribution in [0.25, 0.3) is 0 Å². The second-order valence-corrected chi connectivity index (χ2v) is 9.88. The molecule has 1 aliphatic rings. The van der Waals surface area contributed by atoms with Crippen LogP contribution in [0.4, 0.5) is 0 Å². The third kappa shape index (κ3) is 4.57. The second kappa shape index (κ2) is 7.28. The van der Waals surface area contributed by atoms with E-state index in [2.05, 4.69) is 41.5 Å². The van der Waals surface area contributed by atoms with E-state index in [0.29, 0.717) is 5.75 Å². The van der Waals surface area contributed by atoms with Crippen LogP contribution in [-0.2, 0) is 10.8 Å². The van der Waals surface area contributed by atoms with Crippen molar-refractivity contribution < 1.29 is 10.2 Å². The largest absolute Gasteiger partial charge is 0.507 e. The molecule has 142 valence electrons. The van der Waals surface area contributed by atoms with Crippen molar-refractivity contribution in [2.75, 3.05) is 0 Å². The second-order valence-electron chi connectivity index (χ2n) is 9.88. The first kappa shape index (κ1) is 20.3. The van der Waals surface area contributed by atoms with E-state index in [9.17, 15) is 10.2 Å². The lowest BCUT2D eigenvalue weighted by Gasteiger charge is -2.33. The number of hydrogen-bond donors (Lipinski definition) is 3. The maximum atomic E-state index is 10.9. The maximum absolute atomic E-state index is 10.9. The summed E-state index contributed by atoms with van der Waals surface area (Å²) in [6, 6.07) is 3.59. The molecule has 0 spiro atoms. The molecular weight excluding hydrogens is 310 g/mol. The zero-order valence-electron chi connectivity index (χ0n) is 16.9. The van der Waals surface area contributed by atoms with Crippen LogP contribution in [0.3, 0.4) is 0 Å². The summed E-state index contributed by atoms with van der Waals surface area (Å²) in [5.41, 5.74) is 8.89. The zero-order chi connectivity index (χ0) is 19.0. The Morgan fingerprint density at radius 1 is 0.920 bits per heavy atom. The van der Waals surface area contributed by atoms with E-state index in [1.54, 1.807) is 0 Å². The summed E-state index contributed by atoms with van der Waals surface area (Å²) in [5.74, 6) is 0.650. The summed E-state index contributed by atoms with van der Waals surface area (Å²) in [7, 11) is 0. The van der Waals surface area contributed by atoms with Gasteiger partial charge in [-0.25, -0.2) is 0 Å². The molecule has 0 heterocycles. The summed E-state index contributed by atoms with van der Waals surface area (Å²) in [4.78, 5) is 0. The van der Waals surface area contributed by atoms with Gasteiger partial charge in [0.15, 0.2) is 0 Å². The Labute approximate surface area is 153 Å². The van der Waals surface area contributed by atoms with Gasteiger partial charge in [-0.05, 0) is 58.4 Å². The molecule has 3 heteroatoms. The van der Waals surface area contributed by atoms with Crippen LogP contribution in [0.1, 0.15) is 96.4 Å². The van der Waals surface area contributed by atoms with Crippen LogP contribution in [0.15, 0.2) is 12.1 Å². The van der Waals surface area contributed by atoms with Gasteiger partial charge in [0, 0.05) is 0 Å². The number of aliphatic hydroxyl groups excluding tert-OH is 1. The minimum absolute atomic E-state index is 0.185. The Morgan fingerprint density at radius 3 is 1.76 bits per heavy atom. The number of rotatable bonds is 3. The number of phenols is 1. The van der Waals surface area contributed by atoms with Gasteiger partial charge in [-0.2, -0.15) is 0 Å². The molecule has 0 bridgehead atoms. The molecule has 1 aliphatic carbocycles. The average Bonchev–Trinajstić information content (AvgIpc) is 2.52. The minimum atomic E-state index is -0.523. The van der Waals surface area contributed by atoms with Crippen LogP contribution in [0.2, 0.25) is 0 Å². The number of aliphatic hydroxyl groups is 1. The third-order valence-electron chi connectivity index (χ3n) is 5.63. The van der Waals surface area contributed by atoms with Gasteiger partial charge in [0.05, 0.1) is 12.1 Å². The summed E-state index contributed by atoms with van der Waals surface area (Å²) in [5, 5.41) is 21.7. The first-order chi connectivity index (χ1) is 11.4. The van der Waals surface area contributed by atoms with Crippen molar-refractivity contribution in [2.24, 2.45) is 11.7 Å². The SMILES string of the molecule is CC(C)(C)c1cc([C@H](N)[C@H](O)C2CCCCC2)cc(C(C)(C)C)c1O. The van der Waals surface area contributed by atoms with Crippen molar-refractivity contribution in [2.45, 2.75) is 96.6 Å². The molecule has 1 fully saturated rings. The molecule has 0 radical (unpaired) electrons. The van der Waals surface area contributed by atoms with Crippen molar-refractivity contribution >= 4 is 0 Å². The number of hydrogen-bond acceptors (Lipinski definition) is 3. The number of phenolic OH excluding ortho intramolecular Hbond substituents is 1. The molecular formula is C22H37NO2. The first-order valence-corrected chi connectivity index (χ1v) is 9.74. The predicted octanol–water partition coefficient (Wildman–Crippen LogP) is 4.93. The monoisotopic (exact) mass is 347 g/mol. The number of benzene rings is 1. The Morgan fingerprint density at radius 2 is 1.36 bits per heavy atom. The minimum Gasteiger partial charge on any atom is -0.507 e. The van der Waals surface area contributed by atoms with Gasteiger partial charge >= 0.3 is 0 Å². The van der Waals surface area contributed by atoms with Crippen molar-refractivity contribution in [3.63, 3.8) is 0 Å². The van der Waals surface area contributed by atoms with E-state index in [0.717, 1.165) is 29.5 Å². The Balaban J connectivity index is 2.45. The molecule has 1 aromatic carbocycles. The highest BCUT2D eigenvalue weighted by Crippen LogP contribution is 2.41. The van der Waals surface area contributed by atoms with E-state index >= 15 is 0 Å². The zero-order valence-corrected chi connectivity index (χ0v) is 16.9. The van der Waals surface area contributed by atoms with E-state index in [1.807, 2.05) is 12.1 Å². The molecule has 1 saturated carbocycles. The van der Waals surface area contributed by atoms with Gasteiger partial charge in [-0.15, -0.1) is 0 Å². The van der Waals surface area contributed by atoms with E-state index in [4.69, 9.17) is 5.73 Å². The highest BCUT2D eigenvalue weighted by atomic mass is 16.3. The molecule has 0 aliphatic heterocycles. The van der Waals surface area contributed by atoms with Gasteiger partial charge in [0.2, 0.25) is 0 Å². The molecule has 0 unspecified atom stereocenters. The van der Waals surface area contributed by atoms with Crippen LogP contribution < -0.4 is 5.73 Å². The Bertz CT molecular complexity index is 554. The van der Waals surface area contributed by atoms with Crippen molar-refractivity contribution in [3.8, 4) is 5.75 Å². The fourth-order valence-corrected chi connectivity index (χ4v) is 3.96. The standard InChI is InChI=1S/C22H37NO2/c1-21(2,3)16-12-15(13-17(20(16)25)22(4,5)6)18(23)19(24)14-10-8-7-9-11-14/h12-14,18-19,24-25H,7-11,23H2,1-6H3/t18-,19+/m0/s1. The Hall–Kier alpha value is -1.06. The highest BCUT2D eigenvalue weighted by molar-refractivity contribution is 5.50. The normalized spacial score (nSPS) is 19.7. The lowest BCUT2D eigenvalue weighted by atomic mass is 9.76. The van der Waals surface area contributed by atoms with Crippen molar-refractivity contribution in [3.05, 3.63) is 28.8 Å². The fourth-order valence-electron chi connectivity index (χ4n) is 3.96. The van der Waals surface area contributed by atoms with Gasteiger partial charge < -0.3 is 15.9 Å². The molecule has 3 nitrogen and oxygen atoms in total. The van der Waals surface area contributed by atoms with Crippen molar-refractivity contribution in [1.29, 1.82) is 0 Å². The lowest BCUT2D eigenvalue weighted by molar-refractivity contribution is 0.0617. The number of nitrogens with two attached hydrogens (primary N) is 1. The maximum Gasteiger partial charge on any atom is 0.123 e. The first-order valence-electron chi connectivity index (χ1n) is 9.74. The molecule has 25 heavy (non-hydrogen) atoms. The predicted molar refractivity (Wildman–Crippen MR) is 105 cm³/mol. The average molecular weight is 348 g/mol. The topological polar surface area (TPSA) is 66.5 Å². The summed E-state index contributed by atoms with van der Waals surface area (Å²) < 4.78 is 0. The van der Waals surface area contributed by atoms with Gasteiger partial charge in [0.25, 0.3) is 0 Å². The van der Waals surface area contributed by atoms with Crippen molar-refractivity contribution in [1.82, 2.24) is 0 Å². The number of aromatic hydroxyl groups is 1. The van der Waals surface area contributed by atoms with Gasteiger partial charge in [-0.3, -0.25) is 0 Å². The summed E-state index contributed by atoms with van der Waals surface area (Å²) in [6.45, 7) is 12.6. The van der Waals surface area contributed by atoms with Crippen LogP contribution >= 0.6 is 0 Å². The third-order valence-corrected chi connectivity index (χ3v) is 5.63. The summed E-state index contributed by atoms with van der Waals surface area (Å²) >= 11 is 0. The highest BCUT2D eigenvalue weighted by Gasteiger charge is 2.31. The van der Waals surface area contributed by atoms with Crippen LogP contribution in [0, 0.1) is 5.92 Å². The molecule has 1 aromatic rings. The molecule has 0 aromatic heterocycles. The van der Waals surface area contributed by atoms with Crippen LogP contribution in [-0.4, -0.2) is 16.3 Å². The Kier molecular flexibility index (Phi) is 5.90. The van der Waals surface area contributed by atoms with E-state index in [1.165, 1.54) is 19.3 Å². The fraction of sp³-hybridized carbons (Fsp3) is 0.727. The smallest absolute Gasteiger partial charge is 0.123 e. The van der Waals surface area contributed by atoms with Crippen LogP contribution in [0.5, 0.6) is 5.75 Å². The quantitative estimate of drug-likeness (QED) is 0.726. The molecule has 4 N–H and O–H groups in total. The molecule has 2 atom stereocenters. The summed E-state index contributed by atoms with van der Waals surface area (Å²) in [6.07, 6.45) is 5.23.